The Morgan fingerprint density at radius 1 is 1.28 bits per heavy atom. The van der Waals surface area contributed by atoms with Crippen LogP contribution in [0, 0.1) is 0 Å². The molecule has 0 spiro atoms. The van der Waals surface area contributed by atoms with E-state index in [-0.39, 0.29) is 5.91 Å². The summed E-state index contributed by atoms with van der Waals surface area (Å²) in [6.07, 6.45) is 6.75. The van der Waals surface area contributed by atoms with Crippen molar-refractivity contribution < 1.29 is 4.79 Å². The first-order chi connectivity index (χ1) is 12.2. The predicted octanol–water partition coefficient (Wildman–Crippen LogP) is 2.65. The fraction of sp³-hybridized carbons (Fsp3) is 0.500. The van der Waals surface area contributed by atoms with Crippen LogP contribution in [0.2, 0.25) is 0 Å². The fourth-order valence-electron chi connectivity index (χ4n) is 2.75. The molecule has 1 fully saturated rings. The summed E-state index contributed by atoms with van der Waals surface area (Å²) >= 11 is 1.72. The molecule has 0 saturated carbocycles. The van der Waals surface area contributed by atoms with Crippen LogP contribution in [0.5, 0.6) is 0 Å². The van der Waals surface area contributed by atoms with Crippen molar-refractivity contribution in [1.82, 2.24) is 24.8 Å². The zero-order chi connectivity index (χ0) is 17.6. The highest BCUT2D eigenvalue weighted by Crippen LogP contribution is 2.21. The third-order valence-electron chi connectivity index (χ3n) is 4.46. The van der Waals surface area contributed by atoms with Gasteiger partial charge in [0.15, 0.2) is 5.16 Å². The van der Waals surface area contributed by atoms with E-state index in [1.807, 2.05) is 29.4 Å². The van der Waals surface area contributed by atoms with E-state index in [1.54, 1.807) is 18.0 Å². The van der Waals surface area contributed by atoms with E-state index < -0.39 is 0 Å². The number of aromatic amines is 1. The number of carbonyl (C=O) groups is 1. The number of hydrogen-bond acceptors (Lipinski definition) is 5. The van der Waals surface area contributed by atoms with Crippen LogP contribution >= 0.6 is 11.8 Å². The molecule has 6 nitrogen and oxygen atoms in total. The van der Waals surface area contributed by atoms with E-state index in [0.717, 1.165) is 49.9 Å². The smallest absolute Gasteiger partial charge is 0.270 e. The summed E-state index contributed by atoms with van der Waals surface area (Å²) in [4.78, 5) is 28.5. The van der Waals surface area contributed by atoms with Crippen LogP contribution in [0.1, 0.15) is 36.3 Å². The van der Waals surface area contributed by atoms with Crippen LogP contribution in [-0.2, 0) is 6.54 Å². The van der Waals surface area contributed by atoms with Gasteiger partial charge in [0.25, 0.3) is 5.91 Å². The van der Waals surface area contributed by atoms with Crippen molar-refractivity contribution >= 4 is 17.7 Å². The largest absolute Gasteiger partial charge is 0.357 e. The number of H-pyrrole nitrogens is 1. The number of piperazine rings is 1. The number of nitrogens with one attached hydrogen (secondary N) is 1. The summed E-state index contributed by atoms with van der Waals surface area (Å²) in [5.74, 6) is 0.0828. The van der Waals surface area contributed by atoms with Gasteiger partial charge in [-0.2, -0.15) is 0 Å². The van der Waals surface area contributed by atoms with Gasteiger partial charge in [-0.3, -0.25) is 9.69 Å². The Balaban J connectivity index is 1.48. The number of nitrogens with zero attached hydrogens (tertiary/aromatic N) is 4. The van der Waals surface area contributed by atoms with Crippen molar-refractivity contribution in [1.29, 1.82) is 0 Å². The third kappa shape index (κ3) is 4.83. The van der Waals surface area contributed by atoms with Gasteiger partial charge in [-0.25, -0.2) is 9.97 Å². The molecule has 0 unspecified atom stereocenters. The molecule has 0 aliphatic carbocycles. The minimum Gasteiger partial charge on any atom is -0.357 e. The van der Waals surface area contributed by atoms with Gasteiger partial charge in [0.2, 0.25) is 0 Å². The average molecular weight is 359 g/mol. The predicted molar refractivity (Wildman–Crippen MR) is 99.6 cm³/mol. The highest BCUT2D eigenvalue weighted by Gasteiger charge is 2.22. The minimum atomic E-state index is 0.0828. The fourth-order valence-corrected chi connectivity index (χ4v) is 3.50. The van der Waals surface area contributed by atoms with E-state index in [2.05, 4.69) is 33.7 Å². The Morgan fingerprint density at radius 2 is 2.00 bits per heavy atom. The molecule has 3 heterocycles. The SMILES string of the molecule is CC[C@@H](C)Sc1ncc(CN2CCN(C(=O)c3ccc[nH]3)CC2)cn1. The number of amides is 1. The van der Waals surface area contributed by atoms with Crippen LogP contribution in [0.15, 0.2) is 35.9 Å². The molecule has 3 rings (SSSR count). The first-order valence-electron chi connectivity index (χ1n) is 8.78. The van der Waals surface area contributed by atoms with Crippen LogP contribution in [0.4, 0.5) is 0 Å². The van der Waals surface area contributed by atoms with E-state index in [9.17, 15) is 4.79 Å². The van der Waals surface area contributed by atoms with Crippen LogP contribution in [0.25, 0.3) is 0 Å². The van der Waals surface area contributed by atoms with E-state index in [4.69, 9.17) is 0 Å². The van der Waals surface area contributed by atoms with Gasteiger partial charge in [0.05, 0.1) is 0 Å². The van der Waals surface area contributed by atoms with Gasteiger partial charge in [0.1, 0.15) is 5.69 Å². The second-order valence-electron chi connectivity index (χ2n) is 6.36. The normalized spacial score (nSPS) is 16.8. The van der Waals surface area contributed by atoms with Gasteiger partial charge >= 0.3 is 0 Å². The molecule has 0 bridgehead atoms. The van der Waals surface area contributed by atoms with Crippen molar-refractivity contribution in [2.45, 2.75) is 37.2 Å². The van der Waals surface area contributed by atoms with Gasteiger partial charge < -0.3 is 9.88 Å². The lowest BCUT2D eigenvalue weighted by molar-refractivity contribution is 0.0623. The van der Waals surface area contributed by atoms with Crippen molar-refractivity contribution in [2.75, 3.05) is 26.2 Å². The molecule has 25 heavy (non-hydrogen) atoms. The number of aromatic nitrogens is 3. The highest BCUT2D eigenvalue weighted by atomic mass is 32.2. The topological polar surface area (TPSA) is 65.1 Å². The summed E-state index contributed by atoms with van der Waals surface area (Å²) in [7, 11) is 0. The maximum atomic E-state index is 12.3. The number of carbonyl (C=O) groups excluding carboxylic acids is 1. The first kappa shape index (κ1) is 17.9. The van der Waals surface area contributed by atoms with E-state index in [0.29, 0.717) is 10.9 Å². The van der Waals surface area contributed by atoms with Crippen LogP contribution in [-0.4, -0.2) is 62.1 Å². The summed E-state index contributed by atoms with van der Waals surface area (Å²) < 4.78 is 0. The molecule has 1 N–H and O–H groups in total. The quantitative estimate of drug-likeness (QED) is 0.634. The molecule has 134 valence electrons. The second-order valence-corrected chi connectivity index (χ2v) is 7.77. The molecular weight excluding hydrogens is 334 g/mol. The molecule has 2 aromatic heterocycles. The van der Waals surface area contributed by atoms with Crippen molar-refractivity contribution in [3.05, 3.63) is 42.0 Å². The lowest BCUT2D eigenvalue weighted by Crippen LogP contribution is -2.48. The number of hydrogen-bond donors (Lipinski definition) is 1. The minimum absolute atomic E-state index is 0.0828. The maximum absolute atomic E-state index is 12.3. The second kappa shape index (κ2) is 8.49. The molecule has 0 aromatic carbocycles. The molecule has 2 aromatic rings. The molecule has 1 amide bonds. The Kier molecular flexibility index (Phi) is 6.09. The van der Waals surface area contributed by atoms with E-state index >= 15 is 0 Å². The number of rotatable bonds is 6. The summed E-state index contributed by atoms with van der Waals surface area (Å²) in [5.41, 5.74) is 1.79. The Bertz CT molecular complexity index is 665. The standard InChI is InChI=1S/C18H25N5OS/c1-3-14(2)25-18-20-11-15(12-21-18)13-22-7-9-23(10-8-22)17(24)16-5-4-6-19-16/h4-6,11-12,14,19H,3,7-10,13H2,1-2H3/t14-/m1/s1. The summed E-state index contributed by atoms with van der Waals surface area (Å²) in [6.45, 7) is 8.44. The van der Waals surface area contributed by atoms with Crippen molar-refractivity contribution in [2.24, 2.45) is 0 Å². The summed E-state index contributed by atoms with van der Waals surface area (Å²) in [6, 6.07) is 3.68. The van der Waals surface area contributed by atoms with Gasteiger partial charge in [-0.15, -0.1) is 0 Å². The molecule has 0 radical (unpaired) electrons. The molecule has 1 aliphatic heterocycles. The monoisotopic (exact) mass is 359 g/mol. The van der Waals surface area contributed by atoms with Gasteiger partial charge in [0, 0.05) is 62.1 Å². The maximum Gasteiger partial charge on any atom is 0.270 e. The van der Waals surface area contributed by atoms with Crippen molar-refractivity contribution in [3.63, 3.8) is 0 Å². The Morgan fingerprint density at radius 3 is 2.60 bits per heavy atom. The summed E-state index contributed by atoms with van der Waals surface area (Å²) in [5, 5.41) is 1.38. The highest BCUT2D eigenvalue weighted by molar-refractivity contribution is 7.99. The number of thioether (sulfide) groups is 1. The Labute approximate surface area is 153 Å². The van der Waals surface area contributed by atoms with Gasteiger partial charge in [-0.05, 0) is 18.6 Å². The lowest BCUT2D eigenvalue weighted by atomic mass is 10.2. The average Bonchev–Trinajstić information content (AvgIpc) is 3.18. The molecule has 7 heteroatoms. The molecule has 1 atom stereocenters. The molecule has 1 aliphatic rings. The third-order valence-corrected chi connectivity index (χ3v) is 5.61. The lowest BCUT2D eigenvalue weighted by Gasteiger charge is -2.34. The van der Waals surface area contributed by atoms with E-state index in [1.165, 1.54) is 0 Å². The van der Waals surface area contributed by atoms with Crippen LogP contribution < -0.4 is 0 Å². The zero-order valence-corrected chi connectivity index (χ0v) is 15.6. The molecular formula is C18H25N5OS. The first-order valence-corrected chi connectivity index (χ1v) is 9.66. The molecule has 1 saturated heterocycles. The van der Waals surface area contributed by atoms with Crippen molar-refractivity contribution in [3.8, 4) is 0 Å². The zero-order valence-electron chi connectivity index (χ0n) is 14.8. The van der Waals surface area contributed by atoms with Gasteiger partial charge in [-0.1, -0.05) is 25.6 Å². The van der Waals surface area contributed by atoms with Crippen LogP contribution in [0.3, 0.4) is 0 Å². The Hall–Kier alpha value is -1.86.